The molecule has 3 heteroatoms. The number of halogens is 1. The highest BCUT2D eigenvalue weighted by atomic mass is 35.5. The van der Waals surface area contributed by atoms with Gasteiger partial charge in [-0.05, 0) is 31.4 Å². The van der Waals surface area contributed by atoms with Crippen LogP contribution in [0, 0.1) is 0 Å². The molecule has 0 spiro atoms. The number of hydrogen-bond donors (Lipinski definition) is 1. The van der Waals surface area contributed by atoms with Crippen LogP contribution >= 0.6 is 0 Å². The Morgan fingerprint density at radius 1 is 0.731 bits per heavy atom. The number of quaternary nitrogens is 1. The van der Waals surface area contributed by atoms with Gasteiger partial charge in [0, 0.05) is 0 Å². The molecule has 1 rings (SSSR count). The highest BCUT2D eigenvalue weighted by molar-refractivity contribution is 5.14. The molecule has 154 valence electrons. The molecule has 1 aromatic carbocycles. The molecule has 26 heavy (non-hydrogen) atoms. The van der Waals surface area contributed by atoms with Crippen LogP contribution < -0.4 is 18.1 Å². The van der Waals surface area contributed by atoms with Gasteiger partial charge >= 0.3 is 0 Å². The van der Waals surface area contributed by atoms with Gasteiger partial charge in [-0.25, -0.2) is 0 Å². The summed E-state index contributed by atoms with van der Waals surface area (Å²) in [4.78, 5) is 0. The first-order valence-electron chi connectivity index (χ1n) is 10.5. The van der Waals surface area contributed by atoms with E-state index in [4.69, 9.17) is 5.73 Å². The summed E-state index contributed by atoms with van der Waals surface area (Å²) in [5.74, 6) is 0. The molecule has 2 nitrogen and oxygen atoms in total. The molecule has 0 saturated carbocycles. The summed E-state index contributed by atoms with van der Waals surface area (Å²) >= 11 is 0. The predicted molar refractivity (Wildman–Crippen MR) is 114 cm³/mol. The van der Waals surface area contributed by atoms with Gasteiger partial charge in [0.25, 0.3) is 0 Å². The van der Waals surface area contributed by atoms with Crippen LogP contribution in [0.5, 0.6) is 0 Å². The van der Waals surface area contributed by atoms with Crippen LogP contribution in [0.2, 0.25) is 0 Å². The fourth-order valence-electron chi connectivity index (χ4n) is 2.88. The van der Waals surface area contributed by atoms with Crippen molar-refractivity contribution in [3.63, 3.8) is 0 Å². The van der Waals surface area contributed by atoms with E-state index in [2.05, 4.69) is 40.2 Å². The zero-order valence-electron chi connectivity index (χ0n) is 18.0. The number of rotatable bonds is 13. The minimum atomic E-state index is 0. The third kappa shape index (κ3) is 21.5. The molecule has 0 radical (unpaired) electrons. The van der Waals surface area contributed by atoms with Crippen molar-refractivity contribution in [1.29, 1.82) is 0 Å². The molecule has 0 aliphatic heterocycles. The lowest BCUT2D eigenvalue weighted by molar-refractivity contribution is -0.870. The van der Waals surface area contributed by atoms with E-state index < -0.39 is 0 Å². The first-order valence-corrected chi connectivity index (χ1v) is 10.5. The lowest BCUT2D eigenvalue weighted by atomic mass is 10.1. The van der Waals surface area contributed by atoms with Gasteiger partial charge < -0.3 is 22.6 Å². The Hall–Kier alpha value is -0.570. The molecule has 0 heterocycles. The molecule has 0 fully saturated rings. The number of hydrogen-bond acceptors (Lipinski definition) is 1. The van der Waals surface area contributed by atoms with Crippen LogP contribution in [0.15, 0.2) is 30.3 Å². The topological polar surface area (TPSA) is 26.0 Å². The van der Waals surface area contributed by atoms with E-state index in [9.17, 15) is 0 Å². The van der Waals surface area contributed by atoms with Crippen LogP contribution in [0.25, 0.3) is 0 Å². The highest BCUT2D eigenvalue weighted by Gasteiger charge is 2.04. The lowest BCUT2D eigenvalue weighted by Crippen LogP contribution is -3.00. The van der Waals surface area contributed by atoms with Crippen molar-refractivity contribution in [3.8, 4) is 0 Å². The van der Waals surface area contributed by atoms with E-state index in [0.29, 0.717) is 0 Å². The molecule has 0 aromatic heterocycles. The molecule has 0 atom stereocenters. The number of benzene rings is 1. The maximum Gasteiger partial charge on any atom is 0.0780 e. The molecule has 1 aromatic rings. The Kier molecular flexibility index (Phi) is 20.4. The van der Waals surface area contributed by atoms with E-state index in [1.54, 1.807) is 0 Å². The number of unbranched alkanes of at least 4 members (excludes halogenated alkanes) is 9. The predicted octanol–water partition coefficient (Wildman–Crippen LogP) is 2.81. The average Bonchev–Trinajstić information content (AvgIpc) is 2.57. The molecule has 0 aliphatic rings. The second-order valence-corrected chi connectivity index (χ2v) is 8.22. The second kappa shape index (κ2) is 19.2. The van der Waals surface area contributed by atoms with Crippen molar-refractivity contribution in [2.24, 2.45) is 5.73 Å². The summed E-state index contributed by atoms with van der Waals surface area (Å²) in [6, 6.07) is 10.3. The van der Waals surface area contributed by atoms with Gasteiger partial charge in [0.1, 0.15) is 0 Å². The van der Waals surface area contributed by atoms with Gasteiger partial charge in [-0.15, -0.1) is 0 Å². The molecule has 0 amide bonds. The van der Waals surface area contributed by atoms with Crippen LogP contribution in [0.1, 0.15) is 76.7 Å². The van der Waals surface area contributed by atoms with Crippen molar-refractivity contribution in [2.45, 2.75) is 77.6 Å². The number of nitrogens with two attached hydrogens (primary N) is 1. The first-order chi connectivity index (χ1) is 12.0. The molecular weight excluding hydrogens is 340 g/mol. The Morgan fingerprint density at radius 3 is 1.62 bits per heavy atom. The first kappa shape index (κ1) is 27.6. The molecular formula is C23H45ClN2. The van der Waals surface area contributed by atoms with E-state index in [0.717, 1.165) is 17.4 Å². The lowest BCUT2D eigenvalue weighted by Gasteiger charge is -2.23. The Morgan fingerprint density at radius 2 is 1.19 bits per heavy atom. The summed E-state index contributed by atoms with van der Waals surface area (Å²) < 4.78 is 1.12. The van der Waals surface area contributed by atoms with Gasteiger partial charge in [-0.3, -0.25) is 0 Å². The second-order valence-electron chi connectivity index (χ2n) is 8.22. The minimum Gasteiger partial charge on any atom is -1.00 e. The quantitative estimate of drug-likeness (QED) is 0.410. The Labute approximate surface area is 170 Å². The minimum absolute atomic E-state index is 0. The van der Waals surface area contributed by atoms with E-state index in [1.165, 1.54) is 76.3 Å². The standard InChI is InChI=1S/C15H34N.C8H11N.ClH/c1-5-6-7-8-9-10-11-12-13-14-15-16(2,3)4;9-7-6-8-4-2-1-3-5-8;/h5-15H2,1-4H3;1-5H,6-7,9H2;1H/q+1;;/p-1. The van der Waals surface area contributed by atoms with E-state index >= 15 is 0 Å². The van der Waals surface area contributed by atoms with E-state index in [-0.39, 0.29) is 12.4 Å². The molecule has 0 bridgehead atoms. The van der Waals surface area contributed by atoms with Crippen LogP contribution in [-0.2, 0) is 6.42 Å². The molecule has 0 aliphatic carbocycles. The smallest absolute Gasteiger partial charge is 0.0780 e. The maximum atomic E-state index is 5.36. The van der Waals surface area contributed by atoms with Gasteiger partial charge in [-0.1, -0.05) is 88.6 Å². The third-order valence-corrected chi connectivity index (χ3v) is 4.46. The van der Waals surface area contributed by atoms with Gasteiger partial charge in [0.05, 0.1) is 27.7 Å². The molecule has 2 N–H and O–H groups in total. The summed E-state index contributed by atoms with van der Waals surface area (Å²) in [6.45, 7) is 4.36. The van der Waals surface area contributed by atoms with Gasteiger partial charge in [0.15, 0.2) is 0 Å². The van der Waals surface area contributed by atoms with Crippen molar-refractivity contribution < 1.29 is 16.9 Å². The Balaban J connectivity index is 0. The van der Waals surface area contributed by atoms with E-state index in [1.807, 2.05) is 18.2 Å². The number of nitrogens with zero attached hydrogens (tertiary/aromatic N) is 1. The fraction of sp³-hybridized carbons (Fsp3) is 0.739. The van der Waals surface area contributed by atoms with Crippen molar-refractivity contribution in [1.82, 2.24) is 0 Å². The highest BCUT2D eigenvalue weighted by Crippen LogP contribution is 2.11. The van der Waals surface area contributed by atoms with Crippen molar-refractivity contribution in [3.05, 3.63) is 35.9 Å². The summed E-state index contributed by atoms with van der Waals surface area (Å²) in [7, 11) is 6.86. The van der Waals surface area contributed by atoms with Gasteiger partial charge in [0.2, 0.25) is 0 Å². The Bertz CT molecular complexity index is 374. The monoisotopic (exact) mass is 384 g/mol. The zero-order valence-corrected chi connectivity index (χ0v) is 18.7. The summed E-state index contributed by atoms with van der Waals surface area (Å²) in [5, 5.41) is 0. The fourth-order valence-corrected chi connectivity index (χ4v) is 2.88. The van der Waals surface area contributed by atoms with Gasteiger partial charge in [-0.2, -0.15) is 0 Å². The van der Waals surface area contributed by atoms with Crippen LogP contribution in [0.4, 0.5) is 0 Å². The van der Waals surface area contributed by atoms with Crippen molar-refractivity contribution >= 4 is 0 Å². The van der Waals surface area contributed by atoms with Crippen LogP contribution in [0.3, 0.4) is 0 Å². The summed E-state index contributed by atoms with van der Waals surface area (Å²) in [6.07, 6.45) is 15.4. The maximum absolute atomic E-state index is 5.36. The largest absolute Gasteiger partial charge is 1.00 e. The molecule has 0 saturated heterocycles. The van der Waals surface area contributed by atoms with Crippen molar-refractivity contribution in [2.75, 3.05) is 34.2 Å². The molecule has 0 unspecified atom stereocenters. The van der Waals surface area contributed by atoms with Crippen LogP contribution in [-0.4, -0.2) is 38.7 Å². The SMILES string of the molecule is CCCCCCCCCCCC[N+](C)(C)C.NCCc1ccccc1.[Cl-]. The third-order valence-electron chi connectivity index (χ3n) is 4.46. The average molecular weight is 385 g/mol. The normalized spacial score (nSPS) is 10.7. The zero-order chi connectivity index (χ0) is 18.8. The summed E-state index contributed by atoms with van der Waals surface area (Å²) in [5.41, 5.74) is 6.68.